The fraction of sp³-hybridized carbons (Fsp3) is 0.278. The summed E-state index contributed by atoms with van der Waals surface area (Å²) >= 11 is 6.17. The second kappa shape index (κ2) is 8.59. The number of nitrogens with zero attached hydrogens (tertiary/aromatic N) is 1. The summed E-state index contributed by atoms with van der Waals surface area (Å²) in [7, 11) is 0. The second-order valence-electron chi connectivity index (χ2n) is 5.86. The number of anilines is 1. The Hall–Kier alpha value is -3.00. The second-order valence-corrected chi connectivity index (χ2v) is 6.27. The Morgan fingerprint density at radius 1 is 1.15 bits per heavy atom. The number of hydrogen-bond acceptors (Lipinski definition) is 6. The number of ether oxygens (including phenoxy) is 2. The van der Waals surface area contributed by atoms with Gasteiger partial charge < -0.3 is 20.1 Å². The zero-order chi connectivity index (χ0) is 19.2. The number of nitro groups is 1. The molecule has 3 rings (SSSR count). The van der Waals surface area contributed by atoms with Crippen LogP contribution in [-0.2, 0) is 11.2 Å². The Morgan fingerprint density at radius 3 is 2.63 bits per heavy atom. The average molecular weight is 392 g/mol. The number of halogens is 1. The van der Waals surface area contributed by atoms with Gasteiger partial charge in [-0.3, -0.25) is 14.9 Å². The summed E-state index contributed by atoms with van der Waals surface area (Å²) in [5.74, 6) is 0.920. The van der Waals surface area contributed by atoms with E-state index in [9.17, 15) is 14.9 Å². The van der Waals surface area contributed by atoms with Gasteiger partial charge >= 0.3 is 0 Å². The molecular formula is C18H18ClN3O5. The maximum Gasteiger partial charge on any atom is 0.269 e. The minimum Gasteiger partial charge on any atom is -0.486 e. The highest BCUT2D eigenvalue weighted by atomic mass is 35.5. The van der Waals surface area contributed by atoms with E-state index >= 15 is 0 Å². The lowest BCUT2D eigenvalue weighted by molar-refractivity contribution is -0.384. The number of benzene rings is 2. The number of fused-ring (bicyclic) bond motifs is 1. The molecule has 1 aliphatic rings. The van der Waals surface area contributed by atoms with Crippen LogP contribution in [0.25, 0.3) is 0 Å². The van der Waals surface area contributed by atoms with Crippen LogP contribution in [0.4, 0.5) is 11.4 Å². The Bertz CT molecular complexity index is 842. The fourth-order valence-corrected chi connectivity index (χ4v) is 2.91. The summed E-state index contributed by atoms with van der Waals surface area (Å²) < 4.78 is 11.0. The first-order valence-corrected chi connectivity index (χ1v) is 8.74. The van der Waals surface area contributed by atoms with Crippen LogP contribution in [0.1, 0.15) is 5.56 Å². The van der Waals surface area contributed by atoms with E-state index in [2.05, 4.69) is 10.6 Å². The lowest BCUT2D eigenvalue weighted by atomic mass is 10.1. The van der Waals surface area contributed by atoms with E-state index in [1.807, 2.05) is 0 Å². The first-order chi connectivity index (χ1) is 13.0. The van der Waals surface area contributed by atoms with Gasteiger partial charge in [-0.25, -0.2) is 0 Å². The van der Waals surface area contributed by atoms with Gasteiger partial charge in [0.15, 0.2) is 11.5 Å². The van der Waals surface area contributed by atoms with Gasteiger partial charge in [0.2, 0.25) is 5.91 Å². The third-order valence-electron chi connectivity index (χ3n) is 3.88. The molecule has 8 nitrogen and oxygen atoms in total. The summed E-state index contributed by atoms with van der Waals surface area (Å²) in [6.45, 7) is 1.81. The molecule has 2 aromatic carbocycles. The Labute approximate surface area is 160 Å². The molecule has 0 aromatic heterocycles. The van der Waals surface area contributed by atoms with Gasteiger partial charge in [0.05, 0.1) is 16.4 Å². The van der Waals surface area contributed by atoms with Crippen LogP contribution in [-0.4, -0.2) is 37.1 Å². The van der Waals surface area contributed by atoms with E-state index in [0.29, 0.717) is 42.8 Å². The molecule has 0 aliphatic carbocycles. The Kier molecular flexibility index (Phi) is 5.97. The van der Waals surface area contributed by atoms with E-state index in [4.69, 9.17) is 21.1 Å². The van der Waals surface area contributed by atoms with E-state index in [1.165, 1.54) is 12.1 Å². The number of rotatable bonds is 7. The normalized spacial score (nSPS) is 12.3. The highest BCUT2D eigenvalue weighted by Gasteiger charge is 2.17. The predicted molar refractivity (Wildman–Crippen MR) is 101 cm³/mol. The highest BCUT2D eigenvalue weighted by molar-refractivity contribution is 6.32. The SMILES string of the molecule is O=C(Cc1cc(Cl)c2c(c1)OCCO2)NCCNc1ccc([N+](=O)[O-])cc1. The minimum absolute atomic E-state index is 0.0342. The van der Waals surface area contributed by atoms with Crippen LogP contribution in [0.3, 0.4) is 0 Å². The van der Waals surface area contributed by atoms with Crippen LogP contribution in [0.2, 0.25) is 5.02 Å². The van der Waals surface area contributed by atoms with Gasteiger partial charge in [-0.2, -0.15) is 0 Å². The molecule has 0 saturated heterocycles. The van der Waals surface area contributed by atoms with Crippen molar-refractivity contribution in [1.29, 1.82) is 0 Å². The van der Waals surface area contributed by atoms with Crippen LogP contribution in [0.5, 0.6) is 11.5 Å². The van der Waals surface area contributed by atoms with Crippen molar-refractivity contribution in [3.05, 3.63) is 57.1 Å². The molecule has 27 heavy (non-hydrogen) atoms. The third-order valence-corrected chi connectivity index (χ3v) is 4.16. The lowest BCUT2D eigenvalue weighted by Gasteiger charge is -2.20. The van der Waals surface area contributed by atoms with Gasteiger partial charge in [-0.1, -0.05) is 11.6 Å². The van der Waals surface area contributed by atoms with Gasteiger partial charge in [0.1, 0.15) is 13.2 Å². The topological polar surface area (TPSA) is 103 Å². The summed E-state index contributed by atoms with van der Waals surface area (Å²) in [5, 5.41) is 16.9. The maximum absolute atomic E-state index is 12.1. The van der Waals surface area contributed by atoms with E-state index in [-0.39, 0.29) is 18.0 Å². The number of carbonyl (C=O) groups is 1. The van der Waals surface area contributed by atoms with Crippen LogP contribution >= 0.6 is 11.6 Å². The summed E-state index contributed by atoms with van der Waals surface area (Å²) in [6, 6.07) is 9.55. The third kappa shape index (κ3) is 5.01. The van der Waals surface area contributed by atoms with Crippen molar-refractivity contribution in [3.8, 4) is 11.5 Å². The predicted octanol–water partition coefficient (Wildman–Crippen LogP) is 2.79. The molecule has 0 fully saturated rings. The first-order valence-electron chi connectivity index (χ1n) is 8.36. The standard InChI is InChI=1S/C18H18ClN3O5/c19-15-9-12(10-16-18(15)27-8-7-26-16)11-17(23)21-6-5-20-13-1-3-14(4-2-13)22(24)25/h1-4,9-10,20H,5-8,11H2,(H,21,23). The molecule has 1 amide bonds. The molecule has 0 bridgehead atoms. The van der Waals surface area contributed by atoms with Gasteiger partial charge in [-0.05, 0) is 29.8 Å². The van der Waals surface area contributed by atoms with Crippen molar-refractivity contribution < 1.29 is 19.2 Å². The number of hydrogen-bond donors (Lipinski definition) is 2. The molecule has 0 saturated carbocycles. The largest absolute Gasteiger partial charge is 0.486 e. The van der Waals surface area contributed by atoms with Crippen molar-refractivity contribution in [1.82, 2.24) is 5.32 Å². The number of non-ortho nitro benzene ring substituents is 1. The average Bonchev–Trinajstić information content (AvgIpc) is 2.65. The summed E-state index contributed by atoms with van der Waals surface area (Å²) in [5.41, 5.74) is 1.52. The van der Waals surface area contributed by atoms with Crippen LogP contribution in [0, 0.1) is 10.1 Å². The molecule has 0 spiro atoms. The van der Waals surface area contributed by atoms with E-state index < -0.39 is 4.92 Å². The zero-order valence-corrected chi connectivity index (χ0v) is 15.1. The lowest BCUT2D eigenvalue weighted by Crippen LogP contribution is -2.30. The van der Waals surface area contributed by atoms with Gasteiger partial charge in [0.25, 0.3) is 5.69 Å². The maximum atomic E-state index is 12.1. The Morgan fingerprint density at radius 2 is 1.89 bits per heavy atom. The quantitative estimate of drug-likeness (QED) is 0.427. The van der Waals surface area contributed by atoms with E-state index in [0.717, 1.165) is 11.3 Å². The van der Waals surface area contributed by atoms with E-state index in [1.54, 1.807) is 24.3 Å². The molecule has 1 heterocycles. The van der Waals surface area contributed by atoms with Crippen molar-refractivity contribution in [2.24, 2.45) is 0 Å². The smallest absolute Gasteiger partial charge is 0.269 e. The molecule has 0 radical (unpaired) electrons. The summed E-state index contributed by atoms with van der Waals surface area (Å²) in [6.07, 6.45) is 0.174. The molecule has 1 aliphatic heterocycles. The monoisotopic (exact) mass is 391 g/mol. The molecule has 2 aromatic rings. The first kappa shape index (κ1) is 18.8. The fourth-order valence-electron chi connectivity index (χ4n) is 2.62. The molecule has 0 unspecified atom stereocenters. The number of amides is 1. The van der Waals surface area contributed by atoms with Crippen LogP contribution < -0.4 is 20.1 Å². The number of nitrogens with one attached hydrogen (secondary N) is 2. The molecule has 142 valence electrons. The molecule has 0 atom stereocenters. The zero-order valence-electron chi connectivity index (χ0n) is 14.4. The van der Waals surface area contributed by atoms with Crippen molar-refractivity contribution >= 4 is 28.9 Å². The molecular weight excluding hydrogens is 374 g/mol. The van der Waals surface area contributed by atoms with Crippen LogP contribution in [0.15, 0.2) is 36.4 Å². The molecule has 2 N–H and O–H groups in total. The van der Waals surface area contributed by atoms with Crippen molar-refractivity contribution in [2.45, 2.75) is 6.42 Å². The van der Waals surface area contributed by atoms with Crippen molar-refractivity contribution in [3.63, 3.8) is 0 Å². The summed E-state index contributed by atoms with van der Waals surface area (Å²) in [4.78, 5) is 22.3. The highest BCUT2D eigenvalue weighted by Crippen LogP contribution is 2.38. The number of carbonyl (C=O) groups excluding carboxylic acids is 1. The van der Waals surface area contributed by atoms with Crippen molar-refractivity contribution in [2.75, 3.05) is 31.6 Å². The number of nitro benzene ring substituents is 1. The van der Waals surface area contributed by atoms with Gasteiger partial charge in [-0.15, -0.1) is 0 Å². The van der Waals surface area contributed by atoms with Gasteiger partial charge in [0, 0.05) is 30.9 Å². The Balaban J connectivity index is 1.44. The minimum atomic E-state index is -0.450. The molecule has 9 heteroatoms.